The lowest BCUT2D eigenvalue weighted by atomic mass is 9.97. The number of benzene rings is 1. The molecule has 0 saturated carbocycles. The van der Waals surface area contributed by atoms with Gasteiger partial charge in [0.05, 0.1) is 11.6 Å². The van der Waals surface area contributed by atoms with Gasteiger partial charge in [-0.2, -0.15) is 5.10 Å². The Morgan fingerprint density at radius 3 is 2.92 bits per heavy atom. The predicted octanol–water partition coefficient (Wildman–Crippen LogP) is 4.03. The van der Waals surface area contributed by atoms with Crippen LogP contribution in [0.1, 0.15) is 34.7 Å². The molecule has 2 heterocycles. The Bertz CT molecular complexity index is 932. The Hall–Kier alpha value is -2.47. The number of nitrogens with zero attached hydrogens (tertiary/aromatic N) is 3. The van der Waals surface area contributed by atoms with Crippen LogP contribution in [0.4, 0.5) is 5.82 Å². The number of nitrogens with one attached hydrogen (secondary N) is 1. The number of aromatic nitrogens is 2. The van der Waals surface area contributed by atoms with Gasteiger partial charge in [0.1, 0.15) is 16.4 Å². The van der Waals surface area contributed by atoms with Crippen molar-refractivity contribution in [2.75, 3.05) is 5.43 Å². The zero-order valence-electron chi connectivity index (χ0n) is 13.4. The quantitative estimate of drug-likeness (QED) is 0.559. The normalized spacial score (nSPS) is 14.2. The van der Waals surface area contributed by atoms with Crippen molar-refractivity contribution in [2.24, 2.45) is 5.10 Å². The van der Waals surface area contributed by atoms with Crippen LogP contribution >= 0.6 is 11.3 Å². The summed E-state index contributed by atoms with van der Waals surface area (Å²) in [5, 5.41) is 15.2. The second-order valence-corrected chi connectivity index (χ2v) is 7.02. The molecule has 0 saturated heterocycles. The average Bonchev–Trinajstić information content (AvgIpc) is 2.94. The summed E-state index contributed by atoms with van der Waals surface area (Å²) < 4.78 is 0. The van der Waals surface area contributed by atoms with Crippen molar-refractivity contribution in [2.45, 2.75) is 32.6 Å². The lowest BCUT2D eigenvalue weighted by molar-refractivity contribution is 0.474. The van der Waals surface area contributed by atoms with Gasteiger partial charge in [-0.15, -0.1) is 11.3 Å². The van der Waals surface area contributed by atoms with Crippen molar-refractivity contribution in [1.29, 1.82) is 0 Å². The summed E-state index contributed by atoms with van der Waals surface area (Å²) in [5.41, 5.74) is 5.10. The fourth-order valence-electron chi connectivity index (χ4n) is 3.10. The largest absolute Gasteiger partial charge is 0.507 e. The highest BCUT2D eigenvalue weighted by Gasteiger charge is 2.20. The molecule has 0 fully saturated rings. The number of anilines is 1. The van der Waals surface area contributed by atoms with Gasteiger partial charge >= 0.3 is 0 Å². The highest BCUT2D eigenvalue weighted by atomic mass is 32.1. The molecule has 0 unspecified atom stereocenters. The summed E-state index contributed by atoms with van der Waals surface area (Å²) >= 11 is 1.78. The Kier molecular flexibility index (Phi) is 3.90. The number of hydrogen-bond donors (Lipinski definition) is 2. The summed E-state index contributed by atoms with van der Waals surface area (Å²) in [6.07, 6.45) is 6.29. The van der Waals surface area contributed by atoms with Crippen LogP contribution in [-0.4, -0.2) is 21.3 Å². The molecule has 0 aliphatic heterocycles. The highest BCUT2D eigenvalue weighted by Crippen LogP contribution is 2.38. The van der Waals surface area contributed by atoms with Crippen LogP contribution in [0, 0.1) is 6.92 Å². The number of para-hydroxylation sites is 1. The number of phenolic OH excluding ortho intramolecular Hbond substituents is 1. The number of rotatable bonds is 3. The summed E-state index contributed by atoms with van der Waals surface area (Å²) in [6, 6.07) is 7.11. The van der Waals surface area contributed by atoms with E-state index in [1.54, 1.807) is 29.7 Å². The number of aromatic hydroxyl groups is 1. The zero-order valence-corrected chi connectivity index (χ0v) is 14.2. The number of thiophene rings is 1. The molecule has 1 aliphatic rings. The molecule has 2 N–H and O–H groups in total. The van der Waals surface area contributed by atoms with Crippen LogP contribution in [0.15, 0.2) is 29.4 Å². The monoisotopic (exact) mass is 338 g/mol. The number of phenols is 1. The van der Waals surface area contributed by atoms with Crippen molar-refractivity contribution in [3.8, 4) is 5.75 Å². The lowest BCUT2D eigenvalue weighted by Gasteiger charge is -2.11. The van der Waals surface area contributed by atoms with Crippen LogP contribution < -0.4 is 5.43 Å². The van der Waals surface area contributed by atoms with Gasteiger partial charge in [0.25, 0.3) is 0 Å². The molecule has 122 valence electrons. The third kappa shape index (κ3) is 2.73. The molecule has 0 radical (unpaired) electrons. The second-order valence-electron chi connectivity index (χ2n) is 5.94. The minimum absolute atomic E-state index is 0.208. The van der Waals surface area contributed by atoms with E-state index in [1.807, 2.05) is 19.1 Å². The van der Waals surface area contributed by atoms with E-state index in [0.29, 0.717) is 5.56 Å². The van der Waals surface area contributed by atoms with Crippen LogP contribution in [0.2, 0.25) is 0 Å². The van der Waals surface area contributed by atoms with Gasteiger partial charge in [-0.25, -0.2) is 9.97 Å². The first-order valence-corrected chi connectivity index (χ1v) is 8.90. The van der Waals surface area contributed by atoms with Crippen molar-refractivity contribution < 1.29 is 5.11 Å². The zero-order chi connectivity index (χ0) is 16.5. The molecule has 1 aliphatic carbocycles. The van der Waals surface area contributed by atoms with Crippen LogP contribution in [0.3, 0.4) is 0 Å². The number of fused-ring (bicyclic) bond motifs is 3. The Balaban J connectivity index is 1.71. The first-order chi connectivity index (χ1) is 11.7. The molecule has 0 amide bonds. The average molecular weight is 338 g/mol. The summed E-state index contributed by atoms with van der Waals surface area (Å²) in [7, 11) is 0. The van der Waals surface area contributed by atoms with Crippen molar-refractivity contribution in [3.63, 3.8) is 0 Å². The molecular weight excluding hydrogens is 320 g/mol. The van der Waals surface area contributed by atoms with Gasteiger partial charge in [0.15, 0.2) is 5.82 Å². The van der Waals surface area contributed by atoms with Crippen LogP contribution in [-0.2, 0) is 12.8 Å². The summed E-state index contributed by atoms with van der Waals surface area (Å²) in [5.74, 6) is 1.70. The fraction of sp³-hybridized carbons (Fsp3) is 0.278. The number of aryl methyl sites for hydroxylation is 3. The third-order valence-electron chi connectivity index (χ3n) is 4.24. The minimum Gasteiger partial charge on any atom is -0.507 e. The van der Waals surface area contributed by atoms with Gasteiger partial charge in [0.2, 0.25) is 0 Å². The molecule has 2 aromatic heterocycles. The molecule has 5 nitrogen and oxygen atoms in total. The molecule has 6 heteroatoms. The maximum absolute atomic E-state index is 9.81. The maximum atomic E-state index is 9.81. The Labute approximate surface area is 144 Å². The van der Waals surface area contributed by atoms with E-state index in [1.165, 1.54) is 23.3 Å². The number of hydrogen-bond acceptors (Lipinski definition) is 6. The topological polar surface area (TPSA) is 70.4 Å². The first kappa shape index (κ1) is 15.1. The first-order valence-electron chi connectivity index (χ1n) is 8.08. The van der Waals surface area contributed by atoms with E-state index in [9.17, 15) is 5.11 Å². The molecule has 1 aromatic carbocycles. The van der Waals surface area contributed by atoms with Crippen LogP contribution in [0.5, 0.6) is 5.75 Å². The van der Waals surface area contributed by atoms with Gasteiger partial charge in [-0.1, -0.05) is 12.1 Å². The standard InChI is InChI=1S/C18H18N4OS/c1-11-20-17(22-19-10-12-6-2-4-8-14(12)23)16-13-7-3-5-9-15(13)24-18(16)21-11/h2,4,6,8,10,23H,3,5,7,9H2,1H3,(H,20,21,22)/b19-10+. The van der Waals surface area contributed by atoms with E-state index >= 15 is 0 Å². The van der Waals surface area contributed by atoms with Gasteiger partial charge in [-0.05, 0) is 50.3 Å². The summed E-state index contributed by atoms with van der Waals surface area (Å²) in [6.45, 7) is 1.90. The molecule has 0 bridgehead atoms. The van der Waals surface area contributed by atoms with E-state index < -0.39 is 0 Å². The van der Waals surface area contributed by atoms with E-state index in [-0.39, 0.29) is 5.75 Å². The molecule has 0 atom stereocenters. The van der Waals surface area contributed by atoms with Gasteiger partial charge in [-0.3, -0.25) is 5.43 Å². The molecule has 24 heavy (non-hydrogen) atoms. The van der Waals surface area contributed by atoms with Gasteiger partial charge in [0, 0.05) is 10.4 Å². The molecule has 4 rings (SSSR count). The molecular formula is C18H18N4OS. The van der Waals surface area contributed by atoms with Crippen molar-refractivity contribution in [1.82, 2.24) is 9.97 Å². The number of hydrazone groups is 1. The summed E-state index contributed by atoms with van der Waals surface area (Å²) in [4.78, 5) is 11.6. The molecule has 0 spiro atoms. The molecule has 3 aromatic rings. The van der Waals surface area contributed by atoms with Crippen LogP contribution in [0.25, 0.3) is 10.2 Å². The minimum atomic E-state index is 0.208. The second kappa shape index (κ2) is 6.20. The Morgan fingerprint density at radius 2 is 2.04 bits per heavy atom. The third-order valence-corrected chi connectivity index (χ3v) is 5.42. The smallest absolute Gasteiger partial charge is 0.158 e. The van der Waals surface area contributed by atoms with E-state index in [0.717, 1.165) is 34.7 Å². The Morgan fingerprint density at radius 1 is 1.21 bits per heavy atom. The van der Waals surface area contributed by atoms with E-state index in [2.05, 4.69) is 20.5 Å². The van der Waals surface area contributed by atoms with E-state index in [4.69, 9.17) is 0 Å². The maximum Gasteiger partial charge on any atom is 0.158 e. The van der Waals surface area contributed by atoms with Gasteiger partial charge < -0.3 is 5.11 Å². The van der Waals surface area contributed by atoms with Crippen molar-refractivity contribution in [3.05, 3.63) is 46.1 Å². The van der Waals surface area contributed by atoms with Crippen molar-refractivity contribution >= 4 is 33.6 Å². The predicted molar refractivity (Wildman–Crippen MR) is 98.1 cm³/mol. The fourth-order valence-corrected chi connectivity index (χ4v) is 4.41. The lowest BCUT2D eigenvalue weighted by Crippen LogP contribution is -2.02. The highest BCUT2D eigenvalue weighted by molar-refractivity contribution is 7.19. The SMILES string of the molecule is Cc1nc(N/N=C/c2ccccc2O)c2c3c(sc2n1)CCCC3.